The van der Waals surface area contributed by atoms with Gasteiger partial charge in [0.25, 0.3) is 0 Å². The van der Waals surface area contributed by atoms with Crippen molar-refractivity contribution < 1.29 is 19.7 Å². The number of alkyl carbamates (subject to hydrolysis) is 1. The quantitative estimate of drug-likeness (QED) is 0.634. The van der Waals surface area contributed by atoms with Gasteiger partial charge in [0.2, 0.25) is 0 Å². The van der Waals surface area contributed by atoms with Gasteiger partial charge in [-0.1, -0.05) is 0 Å². The second-order valence-corrected chi connectivity index (χ2v) is 5.43. The van der Waals surface area contributed by atoms with E-state index in [1.165, 1.54) is 0 Å². The molecule has 5 nitrogen and oxygen atoms in total. The van der Waals surface area contributed by atoms with Gasteiger partial charge in [-0.2, -0.15) is 11.8 Å². The van der Waals surface area contributed by atoms with E-state index in [1.54, 1.807) is 32.5 Å². The predicted octanol–water partition coefficient (Wildman–Crippen LogP) is 0.943. The lowest BCUT2D eigenvalue weighted by Crippen LogP contribution is -2.45. The summed E-state index contributed by atoms with van der Waals surface area (Å²) in [6.45, 7) is 5.25. The molecule has 0 heterocycles. The average molecular weight is 251 g/mol. The maximum atomic E-state index is 11.4. The molecule has 96 valence electrons. The molecule has 16 heavy (non-hydrogen) atoms. The van der Waals surface area contributed by atoms with Gasteiger partial charge in [0, 0.05) is 0 Å². The van der Waals surface area contributed by atoms with Crippen LogP contribution in [0.1, 0.15) is 27.2 Å². The molecule has 0 aliphatic heterocycles. The van der Waals surface area contributed by atoms with Crippen LogP contribution in [-0.2, 0) is 4.74 Å². The maximum absolute atomic E-state index is 11.4. The zero-order valence-corrected chi connectivity index (χ0v) is 11.0. The molecule has 0 aliphatic carbocycles. The van der Waals surface area contributed by atoms with Crippen LogP contribution in [0.5, 0.6) is 0 Å². The van der Waals surface area contributed by atoms with E-state index in [2.05, 4.69) is 5.32 Å². The molecule has 1 amide bonds. The molecule has 0 aliphatic rings. The van der Waals surface area contributed by atoms with Crippen molar-refractivity contribution >= 4 is 17.9 Å². The second kappa shape index (κ2) is 6.98. The molecule has 0 rings (SSSR count). The van der Waals surface area contributed by atoms with E-state index in [-0.39, 0.29) is 0 Å². The van der Waals surface area contributed by atoms with Crippen molar-refractivity contribution in [3.63, 3.8) is 0 Å². The number of ether oxygens (including phenoxy) is 1. The molecule has 3 N–H and O–H groups in total. The lowest BCUT2D eigenvalue weighted by Gasteiger charge is -2.24. The largest absolute Gasteiger partial charge is 0.444 e. The molecule has 6 heteroatoms. The zero-order chi connectivity index (χ0) is 12.8. The molecule has 0 spiro atoms. The number of aliphatic hydroxyl groups excluding tert-OH is 1. The Morgan fingerprint density at radius 3 is 2.38 bits per heavy atom. The van der Waals surface area contributed by atoms with E-state index in [0.29, 0.717) is 6.42 Å². The van der Waals surface area contributed by atoms with Crippen molar-refractivity contribution in [1.82, 2.24) is 5.32 Å². The molecule has 0 saturated heterocycles. The average Bonchev–Trinajstić information content (AvgIpc) is 2.08. The van der Waals surface area contributed by atoms with Crippen LogP contribution in [0.15, 0.2) is 0 Å². The van der Waals surface area contributed by atoms with Gasteiger partial charge in [-0.25, -0.2) is 4.79 Å². The molecule has 1 atom stereocenters. The standard InChI is InChI=1S/C10H21NO4S/c1-10(2,3)15-9(14)11-7(8(12)13)5-6-16-4/h7-8,12-13H,5-6H2,1-4H3,(H,11,14)/t7-/m0/s1. The first kappa shape index (κ1) is 15.5. The highest BCUT2D eigenvalue weighted by Crippen LogP contribution is 2.08. The number of hydrogen-bond acceptors (Lipinski definition) is 5. The zero-order valence-electron chi connectivity index (χ0n) is 10.2. The second-order valence-electron chi connectivity index (χ2n) is 4.45. The topological polar surface area (TPSA) is 78.8 Å². The normalized spacial score (nSPS) is 13.7. The lowest BCUT2D eigenvalue weighted by molar-refractivity contribution is -0.0685. The number of nitrogens with one attached hydrogen (secondary N) is 1. The fourth-order valence-corrected chi connectivity index (χ4v) is 1.49. The maximum Gasteiger partial charge on any atom is 0.408 e. The minimum atomic E-state index is -1.57. The molecule has 0 unspecified atom stereocenters. The van der Waals surface area contributed by atoms with Crippen molar-refractivity contribution in [2.75, 3.05) is 12.0 Å². The molecular formula is C10H21NO4S. The SMILES string of the molecule is CSCC[C@H](NC(=O)OC(C)(C)C)C(O)O. The highest BCUT2D eigenvalue weighted by molar-refractivity contribution is 7.98. The highest BCUT2D eigenvalue weighted by Gasteiger charge is 2.22. The van der Waals surface area contributed by atoms with Crippen LogP contribution in [0.4, 0.5) is 4.79 Å². The number of carbonyl (C=O) groups is 1. The molecule has 0 fully saturated rings. The molecular weight excluding hydrogens is 230 g/mol. The number of thioether (sulfide) groups is 1. The van der Waals surface area contributed by atoms with Gasteiger partial charge >= 0.3 is 6.09 Å². The summed E-state index contributed by atoms with van der Waals surface area (Å²) in [5.41, 5.74) is -0.589. The Morgan fingerprint density at radius 2 is 2.00 bits per heavy atom. The predicted molar refractivity (Wildman–Crippen MR) is 64.4 cm³/mol. The summed E-state index contributed by atoms with van der Waals surface area (Å²) in [7, 11) is 0. The fraction of sp³-hybridized carbons (Fsp3) is 0.900. The summed E-state index contributed by atoms with van der Waals surface area (Å²) in [5.74, 6) is 0.734. The molecule has 0 radical (unpaired) electrons. The molecule has 0 aromatic carbocycles. The molecule has 0 aromatic heterocycles. The van der Waals surface area contributed by atoms with Crippen LogP contribution in [0.2, 0.25) is 0 Å². The van der Waals surface area contributed by atoms with Crippen LogP contribution >= 0.6 is 11.8 Å². The number of amides is 1. The van der Waals surface area contributed by atoms with Crippen molar-refractivity contribution in [3.8, 4) is 0 Å². The van der Waals surface area contributed by atoms with Gasteiger partial charge in [-0.3, -0.25) is 0 Å². The summed E-state index contributed by atoms with van der Waals surface area (Å²) in [6, 6.07) is -0.692. The van der Waals surface area contributed by atoms with Gasteiger partial charge < -0.3 is 20.3 Å². The first-order chi connectivity index (χ1) is 7.26. The minimum absolute atomic E-state index is 0.484. The number of rotatable bonds is 5. The van der Waals surface area contributed by atoms with E-state index < -0.39 is 24.0 Å². The fourth-order valence-electron chi connectivity index (χ4n) is 1.000. The van der Waals surface area contributed by atoms with Crippen LogP contribution in [0.25, 0.3) is 0 Å². The number of hydrogen-bond donors (Lipinski definition) is 3. The van der Waals surface area contributed by atoms with Gasteiger partial charge in [0.15, 0.2) is 6.29 Å². The van der Waals surface area contributed by atoms with Crippen LogP contribution < -0.4 is 5.32 Å². The Hall–Kier alpha value is -0.460. The summed E-state index contributed by atoms with van der Waals surface area (Å²) in [5, 5.41) is 20.6. The first-order valence-corrected chi connectivity index (χ1v) is 6.50. The van der Waals surface area contributed by atoms with E-state index in [0.717, 1.165) is 5.75 Å². The van der Waals surface area contributed by atoms with Crippen molar-refractivity contribution in [2.24, 2.45) is 0 Å². The summed E-state index contributed by atoms with van der Waals surface area (Å²) in [4.78, 5) is 11.4. The van der Waals surface area contributed by atoms with Crippen LogP contribution in [0.3, 0.4) is 0 Å². The number of carbonyl (C=O) groups excluding carboxylic acids is 1. The Balaban J connectivity index is 4.13. The van der Waals surface area contributed by atoms with Crippen molar-refractivity contribution in [1.29, 1.82) is 0 Å². The summed E-state index contributed by atoms with van der Waals surface area (Å²) >= 11 is 1.57. The highest BCUT2D eigenvalue weighted by atomic mass is 32.2. The van der Waals surface area contributed by atoms with Crippen LogP contribution in [-0.4, -0.2) is 46.2 Å². The minimum Gasteiger partial charge on any atom is -0.444 e. The Morgan fingerprint density at radius 1 is 1.44 bits per heavy atom. The Bertz CT molecular complexity index is 215. The van der Waals surface area contributed by atoms with E-state index in [4.69, 9.17) is 14.9 Å². The first-order valence-electron chi connectivity index (χ1n) is 5.11. The van der Waals surface area contributed by atoms with Crippen LogP contribution in [0, 0.1) is 0 Å². The molecule has 0 saturated carbocycles. The Labute approximate surface area is 101 Å². The van der Waals surface area contributed by atoms with Crippen molar-refractivity contribution in [2.45, 2.75) is 45.1 Å². The van der Waals surface area contributed by atoms with Gasteiger partial charge in [-0.05, 0) is 39.2 Å². The lowest BCUT2D eigenvalue weighted by atomic mass is 10.2. The monoisotopic (exact) mass is 251 g/mol. The van der Waals surface area contributed by atoms with Gasteiger partial charge in [0.05, 0.1) is 6.04 Å². The third-order valence-electron chi connectivity index (χ3n) is 1.69. The summed E-state index contributed by atoms with van der Waals surface area (Å²) in [6.07, 6.45) is 0.193. The molecule has 0 aromatic rings. The van der Waals surface area contributed by atoms with E-state index in [9.17, 15) is 4.79 Å². The third-order valence-corrected chi connectivity index (χ3v) is 2.34. The molecule has 0 bridgehead atoms. The van der Waals surface area contributed by atoms with Gasteiger partial charge in [-0.15, -0.1) is 0 Å². The Kier molecular flexibility index (Phi) is 6.78. The van der Waals surface area contributed by atoms with Crippen molar-refractivity contribution in [3.05, 3.63) is 0 Å². The third kappa shape index (κ3) is 7.78. The van der Waals surface area contributed by atoms with E-state index in [1.807, 2.05) is 6.26 Å². The summed E-state index contributed by atoms with van der Waals surface area (Å²) < 4.78 is 5.02. The number of aliphatic hydroxyl groups is 2. The smallest absolute Gasteiger partial charge is 0.408 e. The van der Waals surface area contributed by atoms with E-state index >= 15 is 0 Å². The van der Waals surface area contributed by atoms with Gasteiger partial charge in [0.1, 0.15) is 5.60 Å².